The van der Waals surface area contributed by atoms with Crippen LogP contribution in [0.25, 0.3) is 6.08 Å². The summed E-state index contributed by atoms with van der Waals surface area (Å²) in [5, 5.41) is 4.77. The Labute approximate surface area is 238 Å². The Bertz CT molecular complexity index is 1460. The van der Waals surface area contributed by atoms with Crippen molar-refractivity contribution in [3.63, 3.8) is 0 Å². The first kappa shape index (κ1) is 27.3. The highest BCUT2D eigenvalue weighted by atomic mass is 127. The van der Waals surface area contributed by atoms with E-state index in [1.54, 1.807) is 30.3 Å². The van der Waals surface area contributed by atoms with Crippen molar-refractivity contribution in [3.8, 4) is 11.5 Å². The number of carbonyl (C=O) groups excluding carboxylic acids is 4. The average Bonchev–Trinajstić information content (AvgIpc) is 2.88. The number of benzene rings is 3. The lowest BCUT2D eigenvalue weighted by Crippen LogP contribution is -2.54. The molecule has 0 aromatic heterocycles. The molecule has 4 rings (SSSR count). The molecule has 1 heterocycles. The highest BCUT2D eigenvalue weighted by molar-refractivity contribution is 14.1. The lowest BCUT2D eigenvalue weighted by molar-refractivity contribution is -0.122. The zero-order chi connectivity index (χ0) is 27.4. The standard InChI is InChI=1S/C26H18BrFIN3O6/c1-37-21-12-14(11-20(29)23(21)38-13-22(33)30-17-6-4-16(28)5-7-17)10-19-24(34)31-26(36)32(25(19)35)18-8-2-15(27)3-9-18/h2-12H,13H2,1H3,(H,30,33)(H,31,34,36)/b19-10+. The molecule has 3 aromatic rings. The number of ether oxygens (including phenoxy) is 2. The molecule has 194 valence electrons. The van der Waals surface area contributed by atoms with Crippen LogP contribution in [-0.2, 0) is 14.4 Å². The minimum absolute atomic E-state index is 0.252. The third-order valence-electron chi connectivity index (χ3n) is 5.22. The number of nitrogens with zero attached hydrogens (tertiary/aromatic N) is 1. The molecule has 0 unspecified atom stereocenters. The van der Waals surface area contributed by atoms with Crippen LogP contribution in [0.15, 0.2) is 70.7 Å². The van der Waals surface area contributed by atoms with Gasteiger partial charge in [-0.25, -0.2) is 14.1 Å². The summed E-state index contributed by atoms with van der Waals surface area (Å²) in [5.74, 6) is -1.98. The molecule has 9 nitrogen and oxygen atoms in total. The summed E-state index contributed by atoms with van der Waals surface area (Å²) in [5.41, 5.74) is 0.884. The molecule has 1 fully saturated rings. The van der Waals surface area contributed by atoms with Crippen molar-refractivity contribution in [3.05, 3.63) is 85.7 Å². The van der Waals surface area contributed by atoms with Crippen molar-refractivity contribution in [2.45, 2.75) is 0 Å². The number of methoxy groups -OCH3 is 1. The molecule has 0 radical (unpaired) electrons. The monoisotopic (exact) mass is 693 g/mol. The minimum atomic E-state index is -0.853. The molecular weight excluding hydrogens is 676 g/mol. The van der Waals surface area contributed by atoms with Crippen LogP contribution in [0, 0.1) is 9.39 Å². The van der Waals surface area contributed by atoms with Gasteiger partial charge in [0.25, 0.3) is 17.7 Å². The molecule has 38 heavy (non-hydrogen) atoms. The van der Waals surface area contributed by atoms with Gasteiger partial charge < -0.3 is 14.8 Å². The Morgan fingerprint density at radius 2 is 1.79 bits per heavy atom. The first-order valence-corrected chi connectivity index (χ1v) is 12.8. The van der Waals surface area contributed by atoms with Gasteiger partial charge in [-0.1, -0.05) is 15.9 Å². The number of rotatable bonds is 7. The number of carbonyl (C=O) groups is 4. The number of anilines is 2. The molecule has 0 bridgehead atoms. The maximum atomic E-state index is 13.1. The Hall–Kier alpha value is -3.78. The van der Waals surface area contributed by atoms with Crippen molar-refractivity contribution in [2.24, 2.45) is 0 Å². The number of nitrogens with one attached hydrogen (secondary N) is 2. The Morgan fingerprint density at radius 3 is 2.45 bits per heavy atom. The van der Waals surface area contributed by atoms with E-state index in [1.807, 2.05) is 22.6 Å². The molecule has 1 aliphatic rings. The van der Waals surface area contributed by atoms with E-state index in [9.17, 15) is 23.6 Å². The molecule has 12 heteroatoms. The summed E-state index contributed by atoms with van der Waals surface area (Å²) in [4.78, 5) is 51.2. The lowest BCUT2D eigenvalue weighted by atomic mass is 10.1. The summed E-state index contributed by atoms with van der Waals surface area (Å²) in [6, 6.07) is 14.1. The second-order valence-electron chi connectivity index (χ2n) is 7.81. The van der Waals surface area contributed by atoms with E-state index in [1.165, 1.54) is 43.5 Å². The summed E-state index contributed by atoms with van der Waals surface area (Å²) >= 11 is 5.27. The second-order valence-corrected chi connectivity index (χ2v) is 9.89. The summed E-state index contributed by atoms with van der Waals surface area (Å²) in [6.07, 6.45) is 1.34. The van der Waals surface area contributed by atoms with Gasteiger partial charge in [0.05, 0.1) is 16.4 Å². The molecule has 3 aromatic carbocycles. The molecule has 1 aliphatic heterocycles. The molecular formula is C26H18BrFIN3O6. The first-order chi connectivity index (χ1) is 18.2. The molecule has 5 amide bonds. The van der Waals surface area contributed by atoms with Gasteiger partial charge in [0.15, 0.2) is 18.1 Å². The molecule has 0 aliphatic carbocycles. The van der Waals surface area contributed by atoms with Gasteiger partial charge in [0.1, 0.15) is 11.4 Å². The molecule has 0 saturated carbocycles. The van der Waals surface area contributed by atoms with Gasteiger partial charge in [-0.2, -0.15) is 0 Å². The van der Waals surface area contributed by atoms with Gasteiger partial charge in [-0.15, -0.1) is 0 Å². The van der Waals surface area contributed by atoms with Crippen LogP contribution in [0.3, 0.4) is 0 Å². The summed E-state index contributed by atoms with van der Waals surface area (Å²) < 4.78 is 25.4. The first-order valence-electron chi connectivity index (χ1n) is 10.9. The van der Waals surface area contributed by atoms with Crippen LogP contribution in [0.1, 0.15) is 5.56 Å². The maximum Gasteiger partial charge on any atom is 0.335 e. The van der Waals surface area contributed by atoms with Gasteiger partial charge in [-0.05, 0) is 94.9 Å². The second kappa shape index (κ2) is 11.7. The third-order valence-corrected chi connectivity index (χ3v) is 6.55. The predicted octanol–water partition coefficient (Wildman–Crippen LogP) is 4.89. The number of amides is 5. The van der Waals surface area contributed by atoms with Crippen LogP contribution in [0.4, 0.5) is 20.6 Å². The van der Waals surface area contributed by atoms with Gasteiger partial charge in [0, 0.05) is 10.2 Å². The smallest absolute Gasteiger partial charge is 0.335 e. The normalized spacial score (nSPS) is 14.4. The lowest BCUT2D eigenvalue weighted by Gasteiger charge is -2.26. The van der Waals surface area contributed by atoms with Crippen molar-refractivity contribution in [1.29, 1.82) is 0 Å². The van der Waals surface area contributed by atoms with E-state index >= 15 is 0 Å². The van der Waals surface area contributed by atoms with Gasteiger partial charge in [0.2, 0.25) is 0 Å². The molecule has 2 N–H and O–H groups in total. The topological polar surface area (TPSA) is 114 Å². The number of imide groups is 2. The quantitative estimate of drug-likeness (QED) is 0.207. The summed E-state index contributed by atoms with van der Waals surface area (Å²) in [7, 11) is 1.40. The van der Waals surface area contributed by atoms with Crippen molar-refractivity contribution >= 4 is 79.7 Å². The van der Waals surface area contributed by atoms with Crippen LogP contribution in [-0.4, -0.2) is 37.5 Å². The van der Waals surface area contributed by atoms with E-state index in [4.69, 9.17) is 9.47 Å². The van der Waals surface area contributed by atoms with E-state index in [0.29, 0.717) is 20.5 Å². The van der Waals surface area contributed by atoms with Crippen molar-refractivity contribution < 1.29 is 33.0 Å². The van der Waals surface area contributed by atoms with E-state index in [0.717, 1.165) is 9.37 Å². The summed E-state index contributed by atoms with van der Waals surface area (Å²) in [6.45, 7) is -0.352. The number of barbiturate groups is 1. The van der Waals surface area contributed by atoms with Crippen molar-refractivity contribution in [2.75, 3.05) is 23.9 Å². The number of hydrogen-bond donors (Lipinski definition) is 2. The van der Waals surface area contributed by atoms with Gasteiger partial charge in [-0.3, -0.25) is 19.7 Å². The minimum Gasteiger partial charge on any atom is -0.493 e. The zero-order valence-corrected chi connectivity index (χ0v) is 23.3. The fourth-order valence-electron chi connectivity index (χ4n) is 3.48. The fraction of sp³-hybridized carbons (Fsp3) is 0.0769. The number of hydrogen-bond acceptors (Lipinski definition) is 6. The Balaban J connectivity index is 1.55. The highest BCUT2D eigenvalue weighted by Crippen LogP contribution is 2.35. The molecule has 0 atom stereocenters. The Morgan fingerprint density at radius 1 is 1.11 bits per heavy atom. The van der Waals surface area contributed by atoms with Crippen molar-refractivity contribution in [1.82, 2.24) is 5.32 Å². The third kappa shape index (κ3) is 6.19. The molecule has 0 spiro atoms. The highest BCUT2D eigenvalue weighted by Gasteiger charge is 2.36. The fourth-order valence-corrected chi connectivity index (χ4v) is 4.53. The van der Waals surface area contributed by atoms with Crippen LogP contribution in [0.2, 0.25) is 0 Å². The number of urea groups is 1. The predicted molar refractivity (Wildman–Crippen MR) is 149 cm³/mol. The van der Waals surface area contributed by atoms with Crippen LogP contribution in [0.5, 0.6) is 11.5 Å². The van der Waals surface area contributed by atoms with E-state index in [2.05, 4.69) is 26.6 Å². The van der Waals surface area contributed by atoms with Gasteiger partial charge >= 0.3 is 6.03 Å². The van der Waals surface area contributed by atoms with Crippen LogP contribution < -0.4 is 25.0 Å². The van der Waals surface area contributed by atoms with E-state index < -0.39 is 29.6 Å². The average molecular weight is 694 g/mol. The van der Waals surface area contributed by atoms with E-state index in [-0.39, 0.29) is 23.7 Å². The maximum absolute atomic E-state index is 13.1. The zero-order valence-electron chi connectivity index (χ0n) is 19.6. The SMILES string of the molecule is COc1cc(/C=C2\C(=O)NC(=O)N(c3ccc(Br)cc3)C2=O)cc(I)c1OCC(=O)Nc1ccc(F)cc1. The number of halogens is 3. The largest absolute Gasteiger partial charge is 0.493 e. The Kier molecular flexibility index (Phi) is 8.42. The molecule has 1 saturated heterocycles. The van der Waals surface area contributed by atoms with Crippen LogP contribution >= 0.6 is 38.5 Å².